The number of rotatable bonds is 6. The van der Waals surface area contributed by atoms with Gasteiger partial charge >= 0.3 is 0 Å². The monoisotopic (exact) mass is 399 g/mol. The highest BCUT2D eigenvalue weighted by atomic mass is 16.5. The number of carbonyl (C=O) groups is 2. The number of nitriles is 1. The number of hydrogen-bond acceptors (Lipinski definition) is 4. The van der Waals surface area contributed by atoms with Crippen LogP contribution in [0.15, 0.2) is 72.8 Å². The minimum Gasteiger partial charge on any atom is -0.484 e. The normalized spacial score (nSPS) is 10.0. The van der Waals surface area contributed by atoms with Gasteiger partial charge in [-0.3, -0.25) is 9.59 Å². The first kappa shape index (κ1) is 20.6. The molecule has 0 saturated heterocycles. The number of benzene rings is 3. The molecule has 6 nitrogen and oxygen atoms in total. The van der Waals surface area contributed by atoms with Gasteiger partial charge in [0.25, 0.3) is 11.8 Å². The van der Waals surface area contributed by atoms with Crippen LogP contribution < -0.4 is 10.1 Å². The summed E-state index contributed by atoms with van der Waals surface area (Å²) in [6.45, 7) is -0.130. The van der Waals surface area contributed by atoms with E-state index in [9.17, 15) is 9.59 Å². The molecule has 0 radical (unpaired) electrons. The zero-order valence-corrected chi connectivity index (χ0v) is 16.8. The van der Waals surface area contributed by atoms with Gasteiger partial charge in [0.2, 0.25) is 0 Å². The Bertz CT molecular complexity index is 1060. The first-order chi connectivity index (χ1) is 14.5. The second-order valence-electron chi connectivity index (χ2n) is 6.83. The standard InChI is InChI=1S/C24H21N3O3/c1-27(2)24(29)20-7-11-21(12-8-20)26-23(28)16-30-22-13-9-19(10-14-22)18-5-3-17(15-25)4-6-18/h3-14H,16H2,1-2H3,(H,26,28). The molecule has 0 bridgehead atoms. The maximum absolute atomic E-state index is 12.1. The summed E-state index contributed by atoms with van der Waals surface area (Å²) >= 11 is 0. The molecular weight excluding hydrogens is 378 g/mol. The van der Waals surface area contributed by atoms with Crippen LogP contribution in [-0.4, -0.2) is 37.4 Å². The minimum atomic E-state index is -0.294. The van der Waals surface area contributed by atoms with E-state index >= 15 is 0 Å². The van der Waals surface area contributed by atoms with Crippen LogP contribution in [0.2, 0.25) is 0 Å². The van der Waals surface area contributed by atoms with E-state index in [1.54, 1.807) is 62.6 Å². The van der Waals surface area contributed by atoms with E-state index in [4.69, 9.17) is 10.00 Å². The zero-order valence-electron chi connectivity index (χ0n) is 16.8. The van der Waals surface area contributed by atoms with Crippen LogP contribution in [0, 0.1) is 11.3 Å². The summed E-state index contributed by atoms with van der Waals surface area (Å²) in [5, 5.41) is 11.6. The molecule has 150 valence electrons. The van der Waals surface area contributed by atoms with Crippen LogP contribution >= 0.6 is 0 Å². The number of ether oxygens (including phenoxy) is 1. The Labute approximate surface area is 175 Å². The Morgan fingerprint density at radius 3 is 2.00 bits per heavy atom. The Kier molecular flexibility index (Phi) is 6.46. The number of anilines is 1. The van der Waals surface area contributed by atoms with Gasteiger partial charge < -0.3 is 15.0 Å². The average molecular weight is 399 g/mol. The van der Waals surface area contributed by atoms with Crippen molar-refractivity contribution in [2.75, 3.05) is 26.0 Å². The summed E-state index contributed by atoms with van der Waals surface area (Å²) in [6.07, 6.45) is 0. The molecule has 1 N–H and O–H groups in total. The summed E-state index contributed by atoms with van der Waals surface area (Å²) < 4.78 is 5.54. The van der Waals surface area contributed by atoms with Gasteiger partial charge in [0.1, 0.15) is 5.75 Å². The van der Waals surface area contributed by atoms with Crippen LogP contribution in [0.4, 0.5) is 5.69 Å². The minimum absolute atomic E-state index is 0.0966. The molecule has 0 spiro atoms. The fourth-order valence-electron chi connectivity index (χ4n) is 2.78. The lowest BCUT2D eigenvalue weighted by Gasteiger charge is -2.11. The van der Waals surface area contributed by atoms with E-state index in [2.05, 4.69) is 11.4 Å². The molecule has 0 saturated carbocycles. The molecule has 0 aromatic heterocycles. The van der Waals surface area contributed by atoms with Gasteiger partial charge in [-0.25, -0.2) is 0 Å². The molecule has 3 aromatic rings. The number of hydrogen-bond donors (Lipinski definition) is 1. The number of nitrogens with zero attached hydrogens (tertiary/aromatic N) is 2. The van der Waals surface area contributed by atoms with Gasteiger partial charge in [-0.15, -0.1) is 0 Å². The summed E-state index contributed by atoms with van der Waals surface area (Å²) in [6, 6.07) is 23.5. The van der Waals surface area contributed by atoms with Gasteiger partial charge in [0, 0.05) is 25.3 Å². The molecule has 0 aliphatic carbocycles. The highest BCUT2D eigenvalue weighted by Crippen LogP contribution is 2.23. The van der Waals surface area contributed by atoms with E-state index in [-0.39, 0.29) is 18.4 Å². The first-order valence-electron chi connectivity index (χ1n) is 9.31. The van der Waals surface area contributed by atoms with Crippen molar-refractivity contribution in [3.05, 3.63) is 83.9 Å². The summed E-state index contributed by atoms with van der Waals surface area (Å²) in [5.74, 6) is 0.188. The Balaban J connectivity index is 1.53. The van der Waals surface area contributed by atoms with Crippen LogP contribution in [0.3, 0.4) is 0 Å². The van der Waals surface area contributed by atoms with E-state index in [0.717, 1.165) is 11.1 Å². The second kappa shape index (κ2) is 9.39. The van der Waals surface area contributed by atoms with Gasteiger partial charge in [-0.1, -0.05) is 24.3 Å². The predicted molar refractivity (Wildman–Crippen MR) is 115 cm³/mol. The van der Waals surface area contributed by atoms with E-state index in [0.29, 0.717) is 22.6 Å². The predicted octanol–water partition coefficient (Wildman–Crippen LogP) is 3.94. The molecule has 0 atom stereocenters. The van der Waals surface area contributed by atoms with Crippen LogP contribution in [0.1, 0.15) is 15.9 Å². The molecule has 0 aliphatic heterocycles. The highest BCUT2D eigenvalue weighted by Gasteiger charge is 2.09. The number of nitrogens with one attached hydrogen (secondary N) is 1. The van der Waals surface area contributed by atoms with Crippen molar-refractivity contribution in [1.29, 1.82) is 5.26 Å². The molecule has 0 aliphatic rings. The molecule has 2 amide bonds. The topological polar surface area (TPSA) is 82.4 Å². The third-order valence-corrected chi connectivity index (χ3v) is 4.39. The quantitative estimate of drug-likeness (QED) is 0.681. The van der Waals surface area contributed by atoms with Gasteiger partial charge in [0.05, 0.1) is 11.6 Å². The average Bonchev–Trinajstić information content (AvgIpc) is 2.78. The lowest BCUT2D eigenvalue weighted by Crippen LogP contribution is -2.22. The number of amides is 2. The molecule has 0 heterocycles. The summed E-state index contributed by atoms with van der Waals surface area (Å²) in [4.78, 5) is 25.5. The molecule has 30 heavy (non-hydrogen) atoms. The summed E-state index contributed by atoms with van der Waals surface area (Å²) in [5.41, 5.74) is 3.74. The maximum Gasteiger partial charge on any atom is 0.262 e. The van der Waals surface area contributed by atoms with Crippen LogP contribution in [0.25, 0.3) is 11.1 Å². The van der Waals surface area contributed by atoms with Gasteiger partial charge in [-0.2, -0.15) is 5.26 Å². The van der Waals surface area contributed by atoms with Crippen LogP contribution in [-0.2, 0) is 4.79 Å². The Morgan fingerprint density at radius 1 is 0.900 bits per heavy atom. The molecule has 3 aromatic carbocycles. The lowest BCUT2D eigenvalue weighted by molar-refractivity contribution is -0.118. The van der Waals surface area contributed by atoms with Crippen molar-refractivity contribution in [3.63, 3.8) is 0 Å². The van der Waals surface area contributed by atoms with Crippen molar-refractivity contribution in [3.8, 4) is 22.9 Å². The van der Waals surface area contributed by atoms with E-state index < -0.39 is 0 Å². The van der Waals surface area contributed by atoms with Crippen LogP contribution in [0.5, 0.6) is 5.75 Å². The Hall–Kier alpha value is -4.11. The molecule has 6 heteroatoms. The van der Waals surface area contributed by atoms with Crippen molar-refractivity contribution >= 4 is 17.5 Å². The third kappa shape index (κ3) is 5.24. The van der Waals surface area contributed by atoms with E-state index in [1.807, 2.05) is 24.3 Å². The van der Waals surface area contributed by atoms with Gasteiger partial charge in [0.15, 0.2) is 6.61 Å². The third-order valence-electron chi connectivity index (χ3n) is 4.39. The van der Waals surface area contributed by atoms with Crippen molar-refractivity contribution < 1.29 is 14.3 Å². The lowest BCUT2D eigenvalue weighted by atomic mass is 10.0. The molecule has 0 unspecified atom stereocenters. The smallest absolute Gasteiger partial charge is 0.262 e. The second-order valence-corrected chi connectivity index (χ2v) is 6.83. The molecule has 0 fully saturated rings. The number of carbonyl (C=O) groups excluding carboxylic acids is 2. The van der Waals surface area contributed by atoms with Crippen molar-refractivity contribution in [2.24, 2.45) is 0 Å². The first-order valence-corrected chi connectivity index (χ1v) is 9.31. The van der Waals surface area contributed by atoms with Crippen molar-refractivity contribution in [2.45, 2.75) is 0 Å². The SMILES string of the molecule is CN(C)C(=O)c1ccc(NC(=O)COc2ccc(-c3ccc(C#N)cc3)cc2)cc1. The highest BCUT2D eigenvalue weighted by molar-refractivity contribution is 5.95. The fraction of sp³-hybridized carbons (Fsp3) is 0.125. The summed E-state index contributed by atoms with van der Waals surface area (Å²) in [7, 11) is 3.37. The largest absolute Gasteiger partial charge is 0.484 e. The molecular formula is C24H21N3O3. The Morgan fingerprint density at radius 2 is 1.47 bits per heavy atom. The maximum atomic E-state index is 12.1. The van der Waals surface area contributed by atoms with Gasteiger partial charge in [-0.05, 0) is 59.7 Å². The van der Waals surface area contributed by atoms with E-state index in [1.165, 1.54) is 4.90 Å². The van der Waals surface area contributed by atoms with Crippen molar-refractivity contribution in [1.82, 2.24) is 4.90 Å². The fourth-order valence-corrected chi connectivity index (χ4v) is 2.78. The zero-order chi connectivity index (χ0) is 21.5. The molecule has 3 rings (SSSR count).